The first-order valence-corrected chi connectivity index (χ1v) is 12.0. The molecule has 0 saturated heterocycles. The fourth-order valence-electron chi connectivity index (χ4n) is 4.11. The highest BCUT2D eigenvalue weighted by Gasteiger charge is 2.12. The molecule has 1 aromatic heterocycles. The molecule has 0 bridgehead atoms. The van der Waals surface area contributed by atoms with E-state index in [9.17, 15) is 4.79 Å². The monoisotopic (exact) mass is 473 g/mol. The summed E-state index contributed by atoms with van der Waals surface area (Å²) in [6.45, 7) is 2.06. The number of benzene rings is 4. The van der Waals surface area contributed by atoms with Crippen LogP contribution in [0.2, 0.25) is 0 Å². The summed E-state index contributed by atoms with van der Waals surface area (Å²) < 4.78 is 6.08. The van der Waals surface area contributed by atoms with E-state index in [1.54, 1.807) is 0 Å². The van der Waals surface area contributed by atoms with Gasteiger partial charge in [0.15, 0.2) is 0 Å². The average molecular weight is 474 g/mol. The molecule has 1 amide bonds. The molecule has 1 atom stereocenters. The van der Waals surface area contributed by atoms with Gasteiger partial charge in [-0.15, -0.1) is 0 Å². The van der Waals surface area contributed by atoms with Crippen LogP contribution in [-0.4, -0.2) is 16.1 Å². The van der Waals surface area contributed by atoms with Gasteiger partial charge in [-0.2, -0.15) is 5.10 Å². The van der Waals surface area contributed by atoms with E-state index in [1.165, 1.54) is 0 Å². The van der Waals surface area contributed by atoms with Crippen LogP contribution in [0.1, 0.15) is 36.1 Å². The van der Waals surface area contributed by atoms with Gasteiger partial charge in [0.25, 0.3) is 0 Å². The molecule has 0 radical (unpaired) electrons. The van der Waals surface area contributed by atoms with Crippen molar-refractivity contribution in [3.05, 3.63) is 120 Å². The first kappa shape index (κ1) is 23.1. The molecule has 0 aliphatic carbocycles. The zero-order valence-corrected chi connectivity index (χ0v) is 20.0. The van der Waals surface area contributed by atoms with Gasteiger partial charge in [0, 0.05) is 29.6 Å². The molecule has 178 valence electrons. The van der Waals surface area contributed by atoms with Crippen LogP contribution in [0.5, 0.6) is 11.5 Å². The number of hydrogen-bond donors (Lipinski definition) is 2. The Balaban J connectivity index is 1.24. The van der Waals surface area contributed by atoms with Crippen molar-refractivity contribution in [3.8, 4) is 11.5 Å². The van der Waals surface area contributed by atoms with Gasteiger partial charge in [0.2, 0.25) is 5.91 Å². The van der Waals surface area contributed by atoms with Crippen molar-refractivity contribution in [2.45, 2.75) is 19.3 Å². The lowest BCUT2D eigenvalue weighted by molar-refractivity contribution is -0.116. The summed E-state index contributed by atoms with van der Waals surface area (Å²) in [6.07, 6.45) is 4.45. The number of aromatic amines is 1. The van der Waals surface area contributed by atoms with Gasteiger partial charge in [0.1, 0.15) is 11.5 Å². The minimum atomic E-state index is -0.0292. The highest BCUT2D eigenvalue weighted by Crippen LogP contribution is 2.28. The normalized spacial score (nSPS) is 12.0. The van der Waals surface area contributed by atoms with Crippen LogP contribution in [0.4, 0.5) is 5.69 Å². The predicted molar refractivity (Wildman–Crippen MR) is 146 cm³/mol. The Morgan fingerprint density at radius 2 is 1.64 bits per heavy atom. The van der Waals surface area contributed by atoms with E-state index in [4.69, 9.17) is 4.74 Å². The van der Waals surface area contributed by atoms with Crippen LogP contribution >= 0.6 is 0 Å². The Labute approximate surface area is 210 Å². The Morgan fingerprint density at radius 3 is 2.44 bits per heavy atom. The summed E-state index contributed by atoms with van der Waals surface area (Å²) in [7, 11) is 0. The van der Waals surface area contributed by atoms with Crippen LogP contribution in [-0.2, 0) is 4.79 Å². The molecule has 5 rings (SSSR count). The van der Waals surface area contributed by atoms with E-state index >= 15 is 0 Å². The third-order valence-electron chi connectivity index (χ3n) is 6.01. The third-order valence-corrected chi connectivity index (χ3v) is 6.01. The molecule has 36 heavy (non-hydrogen) atoms. The summed E-state index contributed by atoms with van der Waals surface area (Å²) in [4.78, 5) is 12.6. The number of aromatic nitrogens is 2. The maximum Gasteiger partial charge on any atom is 0.224 e. The average Bonchev–Trinajstić information content (AvgIpc) is 3.31. The Morgan fingerprint density at radius 1 is 0.889 bits per heavy atom. The molecule has 0 aliphatic rings. The number of nitrogens with one attached hydrogen (secondary N) is 2. The number of anilines is 1. The minimum Gasteiger partial charge on any atom is -0.457 e. The van der Waals surface area contributed by atoms with Gasteiger partial charge >= 0.3 is 0 Å². The lowest BCUT2D eigenvalue weighted by Crippen LogP contribution is -2.14. The predicted octanol–water partition coefficient (Wildman–Crippen LogP) is 7.66. The van der Waals surface area contributed by atoms with Gasteiger partial charge < -0.3 is 10.1 Å². The van der Waals surface area contributed by atoms with E-state index < -0.39 is 0 Å². The largest absolute Gasteiger partial charge is 0.457 e. The van der Waals surface area contributed by atoms with Gasteiger partial charge in [-0.3, -0.25) is 9.89 Å². The second kappa shape index (κ2) is 10.7. The zero-order valence-electron chi connectivity index (χ0n) is 20.0. The molecule has 5 heteroatoms. The number of rotatable bonds is 8. The molecular formula is C31H27N3O2. The highest BCUT2D eigenvalue weighted by atomic mass is 16.5. The third kappa shape index (κ3) is 5.70. The molecule has 1 heterocycles. The SMILES string of the molecule is C[C@@H](CC(=O)Nc1cccc(Oc2ccc3c(/C=C/c4ccccc4)n[nH]c3c2)c1)c1ccccc1. The molecular weight excluding hydrogens is 446 g/mol. The number of carbonyl (C=O) groups is 1. The minimum absolute atomic E-state index is 0.0292. The number of H-pyrrole nitrogens is 1. The second-order valence-electron chi connectivity index (χ2n) is 8.75. The van der Waals surface area contributed by atoms with Crippen molar-refractivity contribution >= 4 is 34.6 Å². The van der Waals surface area contributed by atoms with E-state index in [-0.39, 0.29) is 11.8 Å². The maximum absolute atomic E-state index is 12.6. The van der Waals surface area contributed by atoms with Gasteiger partial charge in [-0.25, -0.2) is 0 Å². The maximum atomic E-state index is 12.6. The van der Waals surface area contributed by atoms with E-state index in [2.05, 4.69) is 34.6 Å². The van der Waals surface area contributed by atoms with Crippen molar-refractivity contribution in [3.63, 3.8) is 0 Å². The van der Waals surface area contributed by atoms with Crippen LogP contribution in [0.3, 0.4) is 0 Å². The summed E-state index contributed by atoms with van der Waals surface area (Å²) in [5, 5.41) is 11.5. The molecule has 5 nitrogen and oxygen atoms in total. The summed E-state index contributed by atoms with van der Waals surface area (Å²) in [6, 6.07) is 33.5. The fraction of sp³-hybridized carbons (Fsp3) is 0.0968. The van der Waals surface area contributed by atoms with E-state index in [0.717, 1.165) is 27.7 Å². The van der Waals surface area contributed by atoms with Crippen LogP contribution < -0.4 is 10.1 Å². The van der Waals surface area contributed by atoms with Crippen molar-refractivity contribution in [2.24, 2.45) is 0 Å². The summed E-state index contributed by atoms with van der Waals surface area (Å²) in [5.74, 6) is 1.44. The Kier molecular flexibility index (Phi) is 6.90. The standard InChI is InChI=1S/C31H27N3O2/c1-22(24-11-6-3-7-12-24)19-31(35)32-25-13-8-14-26(20-25)36-27-16-17-28-29(33-34-30(28)21-27)18-15-23-9-4-2-5-10-23/h2-18,20-22H,19H2,1H3,(H,32,35)(H,33,34)/b18-15+/t22-/m0/s1. The van der Waals surface area contributed by atoms with Crippen molar-refractivity contribution in [1.82, 2.24) is 10.2 Å². The number of ether oxygens (including phenoxy) is 1. The van der Waals surface area contributed by atoms with Crippen LogP contribution in [0.15, 0.2) is 103 Å². The van der Waals surface area contributed by atoms with Gasteiger partial charge in [0.05, 0.1) is 11.2 Å². The molecule has 0 aliphatic heterocycles. The van der Waals surface area contributed by atoms with Crippen LogP contribution in [0, 0.1) is 0 Å². The van der Waals surface area contributed by atoms with Crippen molar-refractivity contribution < 1.29 is 9.53 Å². The van der Waals surface area contributed by atoms with Crippen LogP contribution in [0.25, 0.3) is 23.1 Å². The lowest BCUT2D eigenvalue weighted by atomic mass is 9.97. The molecule has 0 fully saturated rings. The number of carbonyl (C=O) groups excluding carboxylic acids is 1. The smallest absolute Gasteiger partial charge is 0.224 e. The number of fused-ring (bicyclic) bond motifs is 1. The summed E-state index contributed by atoms with van der Waals surface area (Å²) in [5.41, 5.74) is 4.73. The highest BCUT2D eigenvalue weighted by molar-refractivity contribution is 5.92. The lowest BCUT2D eigenvalue weighted by Gasteiger charge is -2.13. The number of nitrogens with zero attached hydrogens (tertiary/aromatic N) is 1. The molecule has 0 spiro atoms. The van der Waals surface area contributed by atoms with Gasteiger partial charge in [-0.1, -0.05) is 79.7 Å². The Hall–Kier alpha value is -4.64. The Bertz CT molecular complexity index is 1490. The molecule has 5 aromatic rings. The topological polar surface area (TPSA) is 67.0 Å². The quantitative estimate of drug-likeness (QED) is 0.243. The van der Waals surface area contributed by atoms with E-state index in [0.29, 0.717) is 23.6 Å². The molecule has 0 unspecified atom stereocenters. The number of hydrogen-bond acceptors (Lipinski definition) is 3. The van der Waals surface area contributed by atoms with Crippen molar-refractivity contribution in [1.29, 1.82) is 0 Å². The fourth-order valence-corrected chi connectivity index (χ4v) is 4.11. The first-order chi connectivity index (χ1) is 17.6. The van der Waals surface area contributed by atoms with Crippen molar-refractivity contribution in [2.75, 3.05) is 5.32 Å². The van der Waals surface area contributed by atoms with E-state index in [1.807, 2.05) is 103 Å². The first-order valence-electron chi connectivity index (χ1n) is 12.0. The summed E-state index contributed by atoms with van der Waals surface area (Å²) >= 11 is 0. The number of amides is 1. The zero-order chi connectivity index (χ0) is 24.7. The molecule has 4 aromatic carbocycles. The molecule has 2 N–H and O–H groups in total. The van der Waals surface area contributed by atoms with Gasteiger partial charge in [-0.05, 0) is 47.4 Å². The molecule has 0 saturated carbocycles. The second-order valence-corrected chi connectivity index (χ2v) is 8.75.